The van der Waals surface area contributed by atoms with Crippen molar-refractivity contribution in [2.75, 3.05) is 23.7 Å². The molecule has 1 heterocycles. The molecule has 2 rings (SSSR count). The lowest BCUT2D eigenvalue weighted by Gasteiger charge is -2.25. The maximum Gasteiger partial charge on any atom is 0.131 e. The summed E-state index contributed by atoms with van der Waals surface area (Å²) in [4.78, 5) is 8.77. The molecule has 1 aromatic rings. The smallest absolute Gasteiger partial charge is 0.131 e. The molecule has 1 saturated carbocycles. The van der Waals surface area contributed by atoms with Gasteiger partial charge in [0, 0.05) is 25.2 Å². The maximum atomic E-state index is 5.73. The van der Waals surface area contributed by atoms with Crippen LogP contribution in [0.2, 0.25) is 0 Å². The second-order valence-electron chi connectivity index (χ2n) is 5.56. The zero-order chi connectivity index (χ0) is 13.7. The summed E-state index contributed by atoms with van der Waals surface area (Å²) in [5.74, 6) is 3.45. The molecule has 0 radical (unpaired) electrons. The van der Waals surface area contributed by atoms with Gasteiger partial charge in [0.25, 0.3) is 0 Å². The predicted octanol–water partition coefficient (Wildman–Crippen LogP) is 2.15. The fraction of sp³-hybridized carbons (Fsp3) is 0.714. The molecule has 5 nitrogen and oxygen atoms in total. The van der Waals surface area contributed by atoms with Crippen LogP contribution >= 0.6 is 0 Å². The van der Waals surface area contributed by atoms with Crippen molar-refractivity contribution in [2.45, 2.75) is 45.6 Å². The van der Waals surface area contributed by atoms with Crippen LogP contribution < -0.4 is 16.4 Å². The van der Waals surface area contributed by atoms with E-state index >= 15 is 0 Å². The van der Waals surface area contributed by atoms with Crippen molar-refractivity contribution < 1.29 is 0 Å². The number of anilines is 2. The van der Waals surface area contributed by atoms with Gasteiger partial charge >= 0.3 is 0 Å². The molecule has 1 unspecified atom stereocenters. The molecule has 0 bridgehead atoms. The Morgan fingerprint density at radius 3 is 2.58 bits per heavy atom. The van der Waals surface area contributed by atoms with Crippen LogP contribution in [-0.2, 0) is 0 Å². The number of nitrogens with zero attached hydrogens (tertiary/aromatic N) is 2. The van der Waals surface area contributed by atoms with Crippen LogP contribution in [0.3, 0.4) is 0 Å². The third kappa shape index (κ3) is 4.67. The van der Waals surface area contributed by atoms with Gasteiger partial charge in [-0.3, -0.25) is 0 Å². The van der Waals surface area contributed by atoms with Gasteiger partial charge in [-0.2, -0.15) is 0 Å². The van der Waals surface area contributed by atoms with Crippen molar-refractivity contribution in [3.8, 4) is 0 Å². The first kappa shape index (κ1) is 14.1. The standard InChI is InChI=1S/C14H25N5/c1-10(15)9-17-14-8-13(18-11(2)19-14)16-7-6-12-4-3-5-12/h8,10,12H,3-7,9,15H2,1-2H3,(H2,16,17,18,19). The van der Waals surface area contributed by atoms with Gasteiger partial charge < -0.3 is 16.4 Å². The molecule has 106 valence electrons. The van der Waals surface area contributed by atoms with E-state index < -0.39 is 0 Å². The SMILES string of the molecule is Cc1nc(NCCC2CCC2)cc(NCC(C)N)n1. The molecular formula is C14H25N5. The number of nitrogens with two attached hydrogens (primary N) is 1. The predicted molar refractivity (Wildman–Crippen MR) is 79.4 cm³/mol. The summed E-state index contributed by atoms with van der Waals surface area (Å²) < 4.78 is 0. The highest BCUT2D eigenvalue weighted by atomic mass is 15.1. The number of aryl methyl sites for hydroxylation is 1. The highest BCUT2D eigenvalue weighted by molar-refractivity contribution is 5.47. The van der Waals surface area contributed by atoms with Gasteiger partial charge in [-0.25, -0.2) is 9.97 Å². The molecule has 1 atom stereocenters. The molecule has 0 saturated heterocycles. The number of nitrogens with one attached hydrogen (secondary N) is 2. The molecule has 1 fully saturated rings. The second kappa shape index (κ2) is 6.70. The molecule has 1 aliphatic carbocycles. The van der Waals surface area contributed by atoms with Gasteiger partial charge in [0.05, 0.1) is 0 Å². The van der Waals surface area contributed by atoms with Crippen LogP contribution in [0.5, 0.6) is 0 Å². The number of hydrogen-bond acceptors (Lipinski definition) is 5. The van der Waals surface area contributed by atoms with Crippen molar-refractivity contribution in [3.63, 3.8) is 0 Å². The Morgan fingerprint density at radius 1 is 1.32 bits per heavy atom. The zero-order valence-corrected chi connectivity index (χ0v) is 11.9. The van der Waals surface area contributed by atoms with Crippen LogP contribution in [0.15, 0.2) is 6.07 Å². The van der Waals surface area contributed by atoms with Crippen LogP contribution in [0, 0.1) is 12.8 Å². The zero-order valence-electron chi connectivity index (χ0n) is 11.9. The van der Waals surface area contributed by atoms with Gasteiger partial charge in [0.2, 0.25) is 0 Å². The third-order valence-electron chi connectivity index (χ3n) is 3.53. The summed E-state index contributed by atoms with van der Waals surface area (Å²) in [6, 6.07) is 2.07. The van der Waals surface area contributed by atoms with Gasteiger partial charge in [0.1, 0.15) is 17.5 Å². The minimum atomic E-state index is 0.116. The molecule has 5 heteroatoms. The Hall–Kier alpha value is -1.36. The Bertz CT molecular complexity index is 401. The van der Waals surface area contributed by atoms with Crippen molar-refractivity contribution >= 4 is 11.6 Å². The first-order chi connectivity index (χ1) is 9.13. The summed E-state index contributed by atoms with van der Waals surface area (Å²) in [5, 5.41) is 6.62. The van der Waals surface area contributed by atoms with E-state index in [0.717, 1.165) is 36.5 Å². The minimum Gasteiger partial charge on any atom is -0.370 e. The van der Waals surface area contributed by atoms with Crippen LogP contribution in [0.25, 0.3) is 0 Å². The highest BCUT2D eigenvalue weighted by Gasteiger charge is 2.16. The summed E-state index contributed by atoms with van der Waals surface area (Å²) >= 11 is 0. The third-order valence-corrected chi connectivity index (χ3v) is 3.53. The van der Waals surface area contributed by atoms with Crippen molar-refractivity contribution in [1.29, 1.82) is 0 Å². The summed E-state index contributed by atoms with van der Waals surface area (Å²) in [5.41, 5.74) is 5.73. The second-order valence-corrected chi connectivity index (χ2v) is 5.56. The van der Waals surface area contributed by atoms with E-state index in [4.69, 9.17) is 5.73 Å². The van der Waals surface area contributed by atoms with Crippen molar-refractivity contribution in [2.24, 2.45) is 11.7 Å². The molecule has 0 aliphatic heterocycles. The van der Waals surface area contributed by atoms with E-state index in [1.807, 2.05) is 19.9 Å². The fourth-order valence-electron chi connectivity index (χ4n) is 2.20. The van der Waals surface area contributed by atoms with Gasteiger partial charge in [0.15, 0.2) is 0 Å². The fourth-order valence-corrected chi connectivity index (χ4v) is 2.20. The Labute approximate surface area is 115 Å². The first-order valence-corrected chi connectivity index (χ1v) is 7.22. The van der Waals surface area contributed by atoms with E-state index in [1.54, 1.807) is 0 Å². The molecular weight excluding hydrogens is 238 g/mol. The Morgan fingerprint density at radius 2 is 2.00 bits per heavy atom. The molecule has 1 aliphatic rings. The average Bonchev–Trinajstić information content (AvgIpc) is 2.29. The van der Waals surface area contributed by atoms with Gasteiger partial charge in [-0.05, 0) is 26.2 Å². The van der Waals surface area contributed by atoms with E-state index in [-0.39, 0.29) is 6.04 Å². The van der Waals surface area contributed by atoms with E-state index in [2.05, 4.69) is 20.6 Å². The van der Waals surface area contributed by atoms with Crippen LogP contribution in [-0.4, -0.2) is 29.1 Å². The molecule has 0 amide bonds. The van der Waals surface area contributed by atoms with Crippen molar-refractivity contribution in [1.82, 2.24) is 9.97 Å². The molecule has 0 spiro atoms. The molecule has 19 heavy (non-hydrogen) atoms. The Kier molecular flexibility index (Phi) is 4.96. The summed E-state index contributed by atoms with van der Waals surface area (Å²) in [7, 11) is 0. The largest absolute Gasteiger partial charge is 0.370 e. The minimum absolute atomic E-state index is 0.116. The molecule has 1 aromatic heterocycles. The lowest BCUT2D eigenvalue weighted by molar-refractivity contribution is 0.303. The van der Waals surface area contributed by atoms with Gasteiger partial charge in [-0.15, -0.1) is 0 Å². The first-order valence-electron chi connectivity index (χ1n) is 7.22. The van der Waals surface area contributed by atoms with Crippen LogP contribution in [0.1, 0.15) is 38.4 Å². The lowest BCUT2D eigenvalue weighted by Crippen LogP contribution is -2.25. The van der Waals surface area contributed by atoms with E-state index in [0.29, 0.717) is 0 Å². The van der Waals surface area contributed by atoms with Gasteiger partial charge in [-0.1, -0.05) is 19.3 Å². The number of hydrogen-bond donors (Lipinski definition) is 3. The highest BCUT2D eigenvalue weighted by Crippen LogP contribution is 2.29. The molecule has 4 N–H and O–H groups in total. The summed E-state index contributed by atoms with van der Waals surface area (Å²) in [6.45, 7) is 5.60. The molecule has 0 aromatic carbocycles. The van der Waals surface area contributed by atoms with E-state index in [9.17, 15) is 0 Å². The quantitative estimate of drug-likeness (QED) is 0.702. The normalized spacial score (nSPS) is 16.8. The average molecular weight is 263 g/mol. The number of rotatable bonds is 7. The Balaban J connectivity index is 1.84. The lowest BCUT2D eigenvalue weighted by atomic mass is 9.83. The maximum absolute atomic E-state index is 5.73. The monoisotopic (exact) mass is 263 g/mol. The van der Waals surface area contributed by atoms with Crippen LogP contribution in [0.4, 0.5) is 11.6 Å². The van der Waals surface area contributed by atoms with E-state index in [1.165, 1.54) is 25.7 Å². The number of aromatic nitrogens is 2. The van der Waals surface area contributed by atoms with Crippen molar-refractivity contribution in [3.05, 3.63) is 11.9 Å². The summed E-state index contributed by atoms with van der Waals surface area (Å²) in [6.07, 6.45) is 5.44. The topological polar surface area (TPSA) is 75.9 Å².